The van der Waals surface area contributed by atoms with E-state index >= 15 is 0 Å². The molecule has 0 atom stereocenters. The lowest BCUT2D eigenvalue weighted by Crippen LogP contribution is -2.23. The molecule has 4 rings (SSSR count). The van der Waals surface area contributed by atoms with Crippen molar-refractivity contribution in [3.63, 3.8) is 0 Å². The van der Waals surface area contributed by atoms with Gasteiger partial charge in [0, 0.05) is 11.4 Å². The summed E-state index contributed by atoms with van der Waals surface area (Å²) in [6.45, 7) is 1.84. The highest BCUT2D eigenvalue weighted by atomic mass is 16.6. The molecule has 2 aromatic carbocycles. The molecule has 0 aliphatic rings. The molecule has 0 radical (unpaired) electrons. The maximum atomic E-state index is 13.0. The Morgan fingerprint density at radius 2 is 1.83 bits per heavy atom. The Hall–Kier alpha value is -5.07. The topological polar surface area (TPSA) is 192 Å². The lowest BCUT2D eigenvalue weighted by Gasteiger charge is -2.11. The van der Waals surface area contributed by atoms with Crippen molar-refractivity contribution in [2.45, 2.75) is 26.3 Å². The van der Waals surface area contributed by atoms with Crippen LogP contribution in [0.5, 0.6) is 0 Å². The summed E-state index contributed by atoms with van der Waals surface area (Å²) in [7, 11) is 0. The Morgan fingerprint density at radius 1 is 1.08 bits per heavy atom. The maximum absolute atomic E-state index is 13.0. The van der Waals surface area contributed by atoms with E-state index in [1.54, 1.807) is 24.3 Å². The summed E-state index contributed by atoms with van der Waals surface area (Å²) in [5.41, 5.74) is 16.7. The van der Waals surface area contributed by atoms with E-state index in [0.29, 0.717) is 12.1 Å². The molecule has 36 heavy (non-hydrogen) atoms. The molecule has 13 nitrogen and oxygen atoms in total. The summed E-state index contributed by atoms with van der Waals surface area (Å²) in [4.78, 5) is 24.7. The molecule has 0 unspecified atom stereocenters. The normalized spacial score (nSPS) is 11.3. The number of aromatic nitrogens is 5. The third kappa shape index (κ3) is 5.52. The second-order valence-corrected chi connectivity index (χ2v) is 7.81. The van der Waals surface area contributed by atoms with Gasteiger partial charge in [0.15, 0.2) is 5.69 Å². The molecule has 4 aromatic rings. The molecular formula is C23H24N10O3. The van der Waals surface area contributed by atoms with Crippen LogP contribution >= 0.6 is 0 Å². The first-order valence-electron chi connectivity index (χ1n) is 11.0. The Morgan fingerprint density at radius 3 is 2.56 bits per heavy atom. The van der Waals surface area contributed by atoms with E-state index in [2.05, 4.69) is 41.1 Å². The van der Waals surface area contributed by atoms with Crippen LogP contribution in [0.25, 0.3) is 5.82 Å². The van der Waals surface area contributed by atoms with Gasteiger partial charge in [-0.25, -0.2) is 10.1 Å². The standard InChI is InChI=1S/C23H24N10O3/c1-14(11-12-15-7-3-2-4-8-15)27-29-23(35)19-18(33(32-28-19)22-20(24)30-36-31-22)13-26-17-10-6-5-9-16(17)21(25)34/h2-10,26H,11-13H2,1H3,(H2,24,30)(H2,25,34)(H,29,35). The van der Waals surface area contributed by atoms with E-state index < -0.39 is 11.8 Å². The van der Waals surface area contributed by atoms with E-state index in [0.717, 1.165) is 12.1 Å². The molecule has 0 aliphatic heterocycles. The van der Waals surface area contributed by atoms with Crippen LogP contribution in [0.1, 0.15) is 45.4 Å². The van der Waals surface area contributed by atoms with Crippen LogP contribution in [-0.2, 0) is 13.0 Å². The third-order valence-corrected chi connectivity index (χ3v) is 5.28. The number of benzene rings is 2. The average Bonchev–Trinajstić information content (AvgIpc) is 3.51. The number of carbonyl (C=O) groups is 2. The summed E-state index contributed by atoms with van der Waals surface area (Å²) in [6, 6.07) is 16.7. The predicted octanol–water partition coefficient (Wildman–Crippen LogP) is 1.68. The van der Waals surface area contributed by atoms with Crippen LogP contribution in [-0.4, -0.2) is 42.8 Å². The minimum Gasteiger partial charge on any atom is -0.379 e. The van der Waals surface area contributed by atoms with Gasteiger partial charge in [0.25, 0.3) is 11.8 Å². The number of amides is 2. The average molecular weight is 489 g/mol. The zero-order chi connectivity index (χ0) is 25.5. The van der Waals surface area contributed by atoms with Crippen molar-refractivity contribution in [1.29, 1.82) is 0 Å². The van der Waals surface area contributed by atoms with Gasteiger partial charge >= 0.3 is 0 Å². The maximum Gasteiger partial charge on any atom is 0.293 e. The molecule has 0 aliphatic carbocycles. The summed E-state index contributed by atoms with van der Waals surface area (Å²) >= 11 is 0. The van der Waals surface area contributed by atoms with Crippen LogP contribution in [0.15, 0.2) is 64.3 Å². The van der Waals surface area contributed by atoms with Gasteiger partial charge in [0.1, 0.15) is 0 Å². The van der Waals surface area contributed by atoms with Gasteiger partial charge in [-0.15, -0.1) is 5.10 Å². The highest BCUT2D eigenvalue weighted by molar-refractivity contribution is 5.98. The van der Waals surface area contributed by atoms with Crippen molar-refractivity contribution in [1.82, 2.24) is 30.7 Å². The number of nitrogens with zero attached hydrogens (tertiary/aromatic N) is 6. The highest BCUT2D eigenvalue weighted by Crippen LogP contribution is 2.19. The predicted molar refractivity (Wildman–Crippen MR) is 131 cm³/mol. The molecule has 0 saturated carbocycles. The van der Waals surface area contributed by atoms with Crippen LogP contribution in [0.2, 0.25) is 0 Å². The number of nitrogens with two attached hydrogens (primary N) is 2. The van der Waals surface area contributed by atoms with E-state index in [1.165, 1.54) is 10.2 Å². The largest absolute Gasteiger partial charge is 0.379 e. The number of rotatable bonds is 10. The molecular weight excluding hydrogens is 464 g/mol. The van der Waals surface area contributed by atoms with Gasteiger partial charge in [-0.3, -0.25) is 9.59 Å². The summed E-state index contributed by atoms with van der Waals surface area (Å²) in [5, 5.41) is 22.5. The van der Waals surface area contributed by atoms with Gasteiger partial charge in [-0.05, 0) is 47.8 Å². The number of carbonyl (C=O) groups excluding carboxylic acids is 2. The Labute approximate surface area is 205 Å². The van der Waals surface area contributed by atoms with Crippen molar-refractivity contribution >= 4 is 29.0 Å². The number of primary amides is 1. The first kappa shape index (κ1) is 24.1. The number of hydrogen-bond acceptors (Lipinski definition) is 10. The van der Waals surface area contributed by atoms with Gasteiger partial charge in [-0.2, -0.15) is 9.78 Å². The fraction of sp³-hybridized carbons (Fsp3) is 0.174. The van der Waals surface area contributed by atoms with Gasteiger partial charge in [-0.1, -0.05) is 47.7 Å². The van der Waals surface area contributed by atoms with Crippen molar-refractivity contribution < 1.29 is 14.2 Å². The Bertz CT molecular complexity index is 1390. The van der Waals surface area contributed by atoms with E-state index in [-0.39, 0.29) is 35.1 Å². The van der Waals surface area contributed by atoms with Crippen molar-refractivity contribution in [3.8, 4) is 5.82 Å². The minimum absolute atomic E-state index is 0.0169. The Kier molecular flexibility index (Phi) is 7.29. The summed E-state index contributed by atoms with van der Waals surface area (Å²) < 4.78 is 5.89. The molecule has 6 N–H and O–H groups in total. The quantitative estimate of drug-likeness (QED) is 0.190. The Balaban J connectivity index is 1.54. The van der Waals surface area contributed by atoms with E-state index in [1.807, 2.05) is 37.3 Å². The lowest BCUT2D eigenvalue weighted by molar-refractivity contribution is 0.0947. The molecule has 2 amide bonds. The molecule has 0 saturated heterocycles. The fourth-order valence-corrected chi connectivity index (χ4v) is 3.40. The first-order valence-corrected chi connectivity index (χ1v) is 11.0. The van der Waals surface area contributed by atoms with Gasteiger partial charge in [0.05, 0.1) is 17.8 Å². The van der Waals surface area contributed by atoms with E-state index in [9.17, 15) is 9.59 Å². The minimum atomic E-state index is -0.604. The number of aryl methyl sites for hydroxylation is 1. The lowest BCUT2D eigenvalue weighted by atomic mass is 10.1. The second-order valence-electron chi connectivity index (χ2n) is 7.81. The van der Waals surface area contributed by atoms with Crippen LogP contribution < -0.4 is 22.2 Å². The number of hydrogen-bond donors (Lipinski definition) is 4. The SMILES string of the molecule is CC(CCc1ccccc1)=NNC(=O)c1nnn(-c2nonc2N)c1CNc1ccccc1C(N)=O. The second kappa shape index (κ2) is 10.9. The van der Waals surface area contributed by atoms with E-state index in [4.69, 9.17) is 11.5 Å². The van der Waals surface area contributed by atoms with Crippen molar-refractivity contribution in [3.05, 3.63) is 77.1 Å². The molecule has 184 valence electrons. The van der Waals surface area contributed by atoms with Gasteiger partial charge < -0.3 is 16.8 Å². The number of para-hydroxylation sites is 1. The molecule has 0 fully saturated rings. The monoisotopic (exact) mass is 488 g/mol. The highest BCUT2D eigenvalue weighted by Gasteiger charge is 2.24. The van der Waals surface area contributed by atoms with Crippen LogP contribution in [0, 0.1) is 0 Å². The van der Waals surface area contributed by atoms with Crippen molar-refractivity contribution in [2.75, 3.05) is 11.1 Å². The van der Waals surface area contributed by atoms with Crippen LogP contribution in [0.3, 0.4) is 0 Å². The van der Waals surface area contributed by atoms with Crippen molar-refractivity contribution in [2.24, 2.45) is 10.8 Å². The summed E-state index contributed by atoms with van der Waals surface area (Å²) in [5.74, 6) is -1.17. The number of nitrogen functional groups attached to an aromatic ring is 1. The fourth-order valence-electron chi connectivity index (χ4n) is 3.40. The third-order valence-electron chi connectivity index (χ3n) is 5.28. The molecule has 0 bridgehead atoms. The van der Waals surface area contributed by atoms with Crippen LogP contribution in [0.4, 0.5) is 11.5 Å². The zero-order valence-electron chi connectivity index (χ0n) is 19.4. The summed E-state index contributed by atoms with van der Waals surface area (Å²) in [6.07, 6.45) is 1.45. The zero-order valence-corrected chi connectivity index (χ0v) is 19.4. The van der Waals surface area contributed by atoms with Gasteiger partial charge in [0.2, 0.25) is 11.6 Å². The number of anilines is 2. The first-order chi connectivity index (χ1) is 17.4. The molecule has 13 heteroatoms. The smallest absolute Gasteiger partial charge is 0.293 e. The molecule has 2 aromatic heterocycles. The number of hydrazone groups is 1. The molecule has 2 heterocycles. The number of nitrogens with one attached hydrogen (secondary N) is 2. The molecule has 0 spiro atoms.